The van der Waals surface area contributed by atoms with Crippen LogP contribution in [0.15, 0.2) is 0 Å². The van der Waals surface area contributed by atoms with E-state index in [0.29, 0.717) is 5.54 Å². The van der Waals surface area contributed by atoms with Gasteiger partial charge in [-0.15, -0.1) is 0 Å². The highest BCUT2D eigenvalue weighted by molar-refractivity contribution is 4.76. The third-order valence-corrected chi connectivity index (χ3v) is 3.90. The maximum atomic E-state index is 3.68. The molecule has 19 heavy (non-hydrogen) atoms. The normalized spacial score (nSPS) is 13.7. The molecular formula is C17H38N2. The van der Waals surface area contributed by atoms with Gasteiger partial charge in [-0.25, -0.2) is 0 Å². The Balaban J connectivity index is 3.40. The molecule has 1 unspecified atom stereocenters. The van der Waals surface area contributed by atoms with E-state index in [2.05, 4.69) is 45.3 Å². The Morgan fingerprint density at radius 1 is 0.895 bits per heavy atom. The Morgan fingerprint density at radius 3 is 2.16 bits per heavy atom. The standard InChI is InChI=1S/C17H38N2/c1-6-12-16(8-3)18-14-10-9-11-15-19-17(4,5)13-7-2/h16,18-19H,6-15H2,1-5H3. The van der Waals surface area contributed by atoms with Crippen molar-refractivity contribution in [3.05, 3.63) is 0 Å². The molecule has 1 atom stereocenters. The largest absolute Gasteiger partial charge is 0.314 e. The third kappa shape index (κ3) is 11.4. The minimum atomic E-state index is 0.321. The van der Waals surface area contributed by atoms with E-state index in [1.165, 1.54) is 64.5 Å². The van der Waals surface area contributed by atoms with Crippen molar-refractivity contribution in [2.24, 2.45) is 0 Å². The SMILES string of the molecule is CCCC(CC)NCCCCCNC(C)(C)CCC. The summed E-state index contributed by atoms with van der Waals surface area (Å²) >= 11 is 0. The molecule has 0 fully saturated rings. The first-order valence-corrected chi connectivity index (χ1v) is 8.54. The first-order chi connectivity index (χ1) is 9.05. The Bertz CT molecular complexity index is 190. The van der Waals surface area contributed by atoms with E-state index in [-0.39, 0.29) is 0 Å². The van der Waals surface area contributed by atoms with Gasteiger partial charge in [0.1, 0.15) is 0 Å². The van der Waals surface area contributed by atoms with Gasteiger partial charge in [0, 0.05) is 11.6 Å². The Hall–Kier alpha value is -0.0800. The third-order valence-electron chi connectivity index (χ3n) is 3.90. The summed E-state index contributed by atoms with van der Waals surface area (Å²) < 4.78 is 0. The summed E-state index contributed by atoms with van der Waals surface area (Å²) in [4.78, 5) is 0. The molecule has 0 spiro atoms. The van der Waals surface area contributed by atoms with Crippen molar-refractivity contribution in [2.75, 3.05) is 13.1 Å². The van der Waals surface area contributed by atoms with Crippen LogP contribution in [0, 0.1) is 0 Å². The zero-order chi connectivity index (χ0) is 14.6. The van der Waals surface area contributed by atoms with Gasteiger partial charge >= 0.3 is 0 Å². The first-order valence-electron chi connectivity index (χ1n) is 8.54. The summed E-state index contributed by atoms with van der Waals surface area (Å²) in [6.07, 6.45) is 10.4. The van der Waals surface area contributed by atoms with Crippen LogP contribution in [0.3, 0.4) is 0 Å². The number of hydrogen-bond donors (Lipinski definition) is 2. The summed E-state index contributed by atoms with van der Waals surface area (Å²) in [6.45, 7) is 13.8. The van der Waals surface area contributed by atoms with Crippen LogP contribution < -0.4 is 10.6 Å². The molecule has 0 aromatic rings. The van der Waals surface area contributed by atoms with Crippen molar-refractivity contribution in [2.45, 2.75) is 97.6 Å². The van der Waals surface area contributed by atoms with E-state index in [9.17, 15) is 0 Å². The highest BCUT2D eigenvalue weighted by Crippen LogP contribution is 2.10. The minimum Gasteiger partial charge on any atom is -0.314 e. The molecule has 0 aliphatic carbocycles. The van der Waals surface area contributed by atoms with Gasteiger partial charge in [-0.2, -0.15) is 0 Å². The molecule has 0 rings (SSSR count). The number of unbranched alkanes of at least 4 members (excludes halogenated alkanes) is 2. The van der Waals surface area contributed by atoms with Gasteiger partial charge in [-0.05, 0) is 59.0 Å². The van der Waals surface area contributed by atoms with Gasteiger partial charge in [-0.1, -0.05) is 40.0 Å². The lowest BCUT2D eigenvalue weighted by atomic mass is 9.99. The van der Waals surface area contributed by atoms with E-state index in [0.717, 1.165) is 6.04 Å². The molecule has 0 aliphatic rings. The predicted octanol–water partition coefficient (Wildman–Crippen LogP) is 4.49. The van der Waals surface area contributed by atoms with Crippen LogP contribution in [0.5, 0.6) is 0 Å². The van der Waals surface area contributed by atoms with Crippen molar-refractivity contribution in [3.8, 4) is 0 Å². The average Bonchev–Trinajstić information content (AvgIpc) is 2.36. The van der Waals surface area contributed by atoms with E-state index in [1.807, 2.05) is 0 Å². The molecular weight excluding hydrogens is 232 g/mol. The molecule has 0 bridgehead atoms. The maximum Gasteiger partial charge on any atom is 0.0125 e. The lowest BCUT2D eigenvalue weighted by Gasteiger charge is -2.25. The van der Waals surface area contributed by atoms with Crippen LogP contribution >= 0.6 is 0 Å². The highest BCUT2D eigenvalue weighted by atomic mass is 14.9. The van der Waals surface area contributed by atoms with Gasteiger partial charge < -0.3 is 10.6 Å². The fourth-order valence-electron chi connectivity index (χ4n) is 2.67. The van der Waals surface area contributed by atoms with Crippen LogP contribution in [0.2, 0.25) is 0 Å². The van der Waals surface area contributed by atoms with Gasteiger partial charge in [0.05, 0.1) is 0 Å². The number of rotatable bonds is 13. The molecule has 0 aliphatic heterocycles. The molecule has 0 aromatic carbocycles. The monoisotopic (exact) mass is 270 g/mol. The summed E-state index contributed by atoms with van der Waals surface area (Å²) in [5, 5.41) is 7.35. The van der Waals surface area contributed by atoms with Crippen molar-refractivity contribution in [1.29, 1.82) is 0 Å². The molecule has 0 amide bonds. The topological polar surface area (TPSA) is 24.1 Å². The average molecular weight is 271 g/mol. The lowest BCUT2D eigenvalue weighted by Crippen LogP contribution is -2.39. The predicted molar refractivity (Wildman–Crippen MR) is 87.8 cm³/mol. The van der Waals surface area contributed by atoms with Crippen LogP contribution in [0.4, 0.5) is 0 Å². The Labute approximate surface area is 122 Å². The Morgan fingerprint density at radius 2 is 1.58 bits per heavy atom. The Kier molecular flexibility index (Phi) is 11.7. The van der Waals surface area contributed by atoms with Crippen molar-refractivity contribution in [3.63, 3.8) is 0 Å². The fourth-order valence-corrected chi connectivity index (χ4v) is 2.67. The van der Waals surface area contributed by atoms with Crippen molar-refractivity contribution in [1.82, 2.24) is 10.6 Å². The second-order valence-corrected chi connectivity index (χ2v) is 6.47. The maximum absolute atomic E-state index is 3.68. The van der Waals surface area contributed by atoms with E-state index >= 15 is 0 Å². The second-order valence-electron chi connectivity index (χ2n) is 6.47. The van der Waals surface area contributed by atoms with E-state index in [4.69, 9.17) is 0 Å². The lowest BCUT2D eigenvalue weighted by molar-refractivity contribution is 0.353. The number of nitrogens with one attached hydrogen (secondary N) is 2. The fraction of sp³-hybridized carbons (Fsp3) is 1.00. The quantitative estimate of drug-likeness (QED) is 0.482. The van der Waals surface area contributed by atoms with Crippen molar-refractivity contribution >= 4 is 0 Å². The first kappa shape index (κ1) is 18.9. The van der Waals surface area contributed by atoms with Crippen LogP contribution in [-0.4, -0.2) is 24.7 Å². The smallest absolute Gasteiger partial charge is 0.0125 e. The van der Waals surface area contributed by atoms with Crippen LogP contribution in [0.1, 0.15) is 86.0 Å². The molecule has 2 N–H and O–H groups in total. The van der Waals surface area contributed by atoms with Gasteiger partial charge in [0.2, 0.25) is 0 Å². The van der Waals surface area contributed by atoms with Crippen LogP contribution in [0.25, 0.3) is 0 Å². The molecule has 0 radical (unpaired) electrons. The van der Waals surface area contributed by atoms with Gasteiger partial charge in [0.15, 0.2) is 0 Å². The summed E-state index contributed by atoms with van der Waals surface area (Å²) in [5.41, 5.74) is 0.321. The van der Waals surface area contributed by atoms with Gasteiger partial charge in [-0.3, -0.25) is 0 Å². The summed E-state index contributed by atoms with van der Waals surface area (Å²) in [5.74, 6) is 0. The van der Waals surface area contributed by atoms with Crippen molar-refractivity contribution < 1.29 is 0 Å². The van der Waals surface area contributed by atoms with Gasteiger partial charge in [0.25, 0.3) is 0 Å². The zero-order valence-corrected chi connectivity index (χ0v) is 14.1. The molecule has 116 valence electrons. The molecule has 0 aromatic heterocycles. The molecule has 0 heterocycles. The van der Waals surface area contributed by atoms with E-state index in [1.54, 1.807) is 0 Å². The molecule has 0 saturated carbocycles. The molecule has 2 nitrogen and oxygen atoms in total. The van der Waals surface area contributed by atoms with Crippen LogP contribution in [-0.2, 0) is 0 Å². The zero-order valence-electron chi connectivity index (χ0n) is 14.1. The molecule has 2 heteroatoms. The second kappa shape index (κ2) is 11.7. The van der Waals surface area contributed by atoms with E-state index < -0.39 is 0 Å². The summed E-state index contributed by atoms with van der Waals surface area (Å²) in [6, 6.07) is 0.742. The number of hydrogen-bond acceptors (Lipinski definition) is 2. The minimum absolute atomic E-state index is 0.321. The summed E-state index contributed by atoms with van der Waals surface area (Å²) in [7, 11) is 0. The highest BCUT2D eigenvalue weighted by Gasteiger charge is 2.14. The molecule has 0 saturated heterocycles.